The van der Waals surface area contributed by atoms with E-state index in [1.807, 2.05) is 0 Å². The summed E-state index contributed by atoms with van der Waals surface area (Å²) in [5, 5.41) is 9.02. The van der Waals surface area contributed by atoms with E-state index in [1.54, 1.807) is 25.1 Å². The van der Waals surface area contributed by atoms with Crippen molar-refractivity contribution < 1.29 is 13.9 Å². The molecule has 0 spiro atoms. The van der Waals surface area contributed by atoms with Crippen molar-refractivity contribution in [2.75, 3.05) is 19.0 Å². The highest BCUT2D eigenvalue weighted by molar-refractivity contribution is 5.37. The molecule has 0 amide bonds. The van der Waals surface area contributed by atoms with Gasteiger partial charge in [-0.15, -0.1) is 0 Å². The maximum absolute atomic E-state index is 12.1. The quantitative estimate of drug-likeness (QED) is 0.805. The van der Waals surface area contributed by atoms with E-state index < -0.39 is 12.5 Å². The monoisotopic (exact) mass is 202 g/mol. The number of rotatable bonds is 3. The zero-order chi connectivity index (χ0) is 10.7. The first kappa shape index (κ1) is 10.8. The first-order valence-corrected chi connectivity index (χ1v) is 4.12. The number of aromatic nitrogens is 1. The lowest BCUT2D eigenvalue weighted by molar-refractivity contribution is -0.00595. The van der Waals surface area contributed by atoms with Crippen LogP contribution in [0.2, 0.25) is 0 Å². The highest BCUT2D eigenvalue weighted by atomic mass is 19.3. The Morgan fingerprint density at radius 2 is 2.00 bits per heavy atom. The van der Waals surface area contributed by atoms with Gasteiger partial charge in [-0.25, -0.2) is 13.8 Å². The molecule has 0 aliphatic carbocycles. The van der Waals surface area contributed by atoms with E-state index in [-0.39, 0.29) is 5.56 Å². The van der Waals surface area contributed by atoms with Crippen molar-refractivity contribution in [2.24, 2.45) is 0 Å². The first-order valence-electron chi connectivity index (χ1n) is 4.12. The average molecular weight is 202 g/mol. The largest absolute Gasteiger partial charge is 0.382 e. The average Bonchev–Trinajstić information content (AvgIpc) is 2.16. The number of anilines is 1. The molecule has 1 heterocycles. The number of aliphatic hydroxyl groups excluding tert-OH is 1. The Labute approximate surface area is 81.0 Å². The van der Waals surface area contributed by atoms with Gasteiger partial charge in [0, 0.05) is 25.9 Å². The molecule has 0 aromatic carbocycles. The maximum Gasteiger partial charge on any atom is 0.268 e. The molecule has 0 saturated heterocycles. The van der Waals surface area contributed by atoms with Crippen LogP contribution in [0.25, 0.3) is 0 Å². The van der Waals surface area contributed by atoms with E-state index in [0.717, 1.165) is 0 Å². The van der Waals surface area contributed by atoms with Gasteiger partial charge in [0.05, 0.1) is 0 Å². The van der Waals surface area contributed by atoms with Crippen LogP contribution in [0.4, 0.5) is 14.6 Å². The summed E-state index contributed by atoms with van der Waals surface area (Å²) in [6.07, 6.45) is -3.27. The van der Waals surface area contributed by atoms with Gasteiger partial charge in [-0.3, -0.25) is 0 Å². The number of hydrogen-bond acceptors (Lipinski definition) is 3. The zero-order valence-corrected chi connectivity index (χ0v) is 7.98. The topological polar surface area (TPSA) is 36.4 Å². The first-order chi connectivity index (χ1) is 6.52. The number of hydrogen-bond donors (Lipinski definition) is 1. The Hall–Kier alpha value is -1.23. The third-order valence-electron chi connectivity index (χ3n) is 1.81. The third-order valence-corrected chi connectivity index (χ3v) is 1.81. The highest BCUT2D eigenvalue weighted by Gasteiger charge is 2.19. The fraction of sp³-hybridized carbons (Fsp3) is 0.444. The van der Waals surface area contributed by atoms with Gasteiger partial charge in [0.25, 0.3) is 6.43 Å². The molecule has 14 heavy (non-hydrogen) atoms. The lowest BCUT2D eigenvalue weighted by atomic mass is 10.2. The molecule has 1 atom stereocenters. The Balaban J connectivity index is 2.83. The molecular weight excluding hydrogens is 190 g/mol. The summed E-state index contributed by atoms with van der Waals surface area (Å²) in [6, 6.07) is 3.03. The van der Waals surface area contributed by atoms with E-state index in [1.165, 1.54) is 12.3 Å². The van der Waals surface area contributed by atoms with E-state index in [4.69, 9.17) is 5.11 Å². The van der Waals surface area contributed by atoms with Crippen molar-refractivity contribution in [1.29, 1.82) is 0 Å². The van der Waals surface area contributed by atoms with Crippen molar-refractivity contribution >= 4 is 5.82 Å². The smallest absolute Gasteiger partial charge is 0.268 e. The van der Waals surface area contributed by atoms with Gasteiger partial charge < -0.3 is 10.0 Å². The predicted octanol–water partition coefficient (Wildman–Crippen LogP) is 1.45. The van der Waals surface area contributed by atoms with Crippen molar-refractivity contribution in [3.05, 3.63) is 23.9 Å². The van der Waals surface area contributed by atoms with Gasteiger partial charge in [-0.1, -0.05) is 6.07 Å². The van der Waals surface area contributed by atoms with Gasteiger partial charge in [-0.2, -0.15) is 0 Å². The molecule has 0 aliphatic rings. The van der Waals surface area contributed by atoms with Crippen LogP contribution >= 0.6 is 0 Å². The number of halogens is 2. The Bertz CT molecular complexity index is 287. The summed E-state index contributed by atoms with van der Waals surface area (Å²) < 4.78 is 24.2. The van der Waals surface area contributed by atoms with Crippen LogP contribution < -0.4 is 4.90 Å². The van der Waals surface area contributed by atoms with E-state index in [2.05, 4.69) is 4.98 Å². The second kappa shape index (κ2) is 4.32. The second-order valence-corrected chi connectivity index (χ2v) is 3.12. The van der Waals surface area contributed by atoms with E-state index >= 15 is 0 Å². The Morgan fingerprint density at radius 1 is 1.36 bits per heavy atom. The Morgan fingerprint density at radius 3 is 2.36 bits per heavy atom. The molecule has 0 fully saturated rings. The second-order valence-electron chi connectivity index (χ2n) is 3.12. The van der Waals surface area contributed by atoms with Gasteiger partial charge in [0.2, 0.25) is 0 Å². The highest BCUT2D eigenvalue weighted by Crippen LogP contribution is 2.20. The molecule has 3 nitrogen and oxygen atoms in total. The summed E-state index contributed by atoms with van der Waals surface area (Å²) >= 11 is 0. The molecule has 78 valence electrons. The summed E-state index contributed by atoms with van der Waals surface area (Å²) in [5.74, 6) is 0.662. The van der Waals surface area contributed by atoms with Crippen molar-refractivity contribution in [1.82, 2.24) is 4.98 Å². The van der Waals surface area contributed by atoms with Crippen LogP contribution in [0.3, 0.4) is 0 Å². The normalized spacial score (nSPS) is 13.0. The maximum atomic E-state index is 12.1. The lowest BCUT2D eigenvalue weighted by Crippen LogP contribution is -2.12. The molecule has 0 radical (unpaired) electrons. The van der Waals surface area contributed by atoms with Gasteiger partial charge >= 0.3 is 0 Å². The van der Waals surface area contributed by atoms with Gasteiger partial charge in [0.1, 0.15) is 11.9 Å². The van der Waals surface area contributed by atoms with Crippen LogP contribution in [0, 0.1) is 0 Å². The van der Waals surface area contributed by atoms with Crippen molar-refractivity contribution in [3.63, 3.8) is 0 Å². The van der Waals surface area contributed by atoms with E-state index in [9.17, 15) is 8.78 Å². The fourth-order valence-electron chi connectivity index (χ4n) is 0.982. The molecule has 1 aromatic heterocycles. The standard InChI is InChI=1S/C9H12F2N2O/c1-13(2)7-4-3-6(5-12-7)8(14)9(10)11/h3-5,8-9,14H,1-2H3. The van der Waals surface area contributed by atoms with Crippen molar-refractivity contribution in [3.8, 4) is 0 Å². The lowest BCUT2D eigenvalue weighted by Gasteiger charge is -2.13. The summed E-state index contributed by atoms with van der Waals surface area (Å²) in [7, 11) is 3.59. The molecule has 1 rings (SSSR count). The number of aliphatic hydroxyl groups is 1. The summed E-state index contributed by atoms with van der Waals surface area (Å²) in [4.78, 5) is 5.66. The third kappa shape index (κ3) is 2.38. The summed E-state index contributed by atoms with van der Waals surface area (Å²) in [5.41, 5.74) is 0.130. The minimum atomic E-state index is -2.78. The minimum Gasteiger partial charge on any atom is -0.382 e. The van der Waals surface area contributed by atoms with Crippen LogP contribution in [0.1, 0.15) is 11.7 Å². The summed E-state index contributed by atoms with van der Waals surface area (Å²) in [6.45, 7) is 0. The van der Waals surface area contributed by atoms with Gasteiger partial charge in [-0.05, 0) is 6.07 Å². The van der Waals surface area contributed by atoms with Gasteiger partial charge in [0.15, 0.2) is 0 Å². The zero-order valence-electron chi connectivity index (χ0n) is 7.98. The molecule has 0 saturated carbocycles. The minimum absolute atomic E-state index is 0.130. The molecule has 1 unspecified atom stereocenters. The molecule has 0 bridgehead atoms. The fourth-order valence-corrected chi connectivity index (χ4v) is 0.982. The molecule has 5 heteroatoms. The molecule has 0 aliphatic heterocycles. The van der Waals surface area contributed by atoms with Crippen LogP contribution in [0.5, 0.6) is 0 Å². The molecule has 1 N–H and O–H groups in total. The van der Waals surface area contributed by atoms with Crippen molar-refractivity contribution in [2.45, 2.75) is 12.5 Å². The number of alkyl halides is 2. The van der Waals surface area contributed by atoms with Crippen LogP contribution in [-0.2, 0) is 0 Å². The predicted molar refractivity (Wildman–Crippen MR) is 49.5 cm³/mol. The number of nitrogens with zero attached hydrogens (tertiary/aromatic N) is 2. The van der Waals surface area contributed by atoms with E-state index in [0.29, 0.717) is 5.82 Å². The van der Waals surface area contributed by atoms with Crippen LogP contribution in [0.15, 0.2) is 18.3 Å². The SMILES string of the molecule is CN(C)c1ccc(C(O)C(F)F)cn1. The van der Waals surface area contributed by atoms with Crippen LogP contribution in [-0.4, -0.2) is 30.6 Å². The molecular formula is C9H12F2N2O. The molecule has 1 aromatic rings. The Kier molecular flexibility index (Phi) is 3.35. The number of pyridine rings is 1.